The molecular formula is C19H24N2O3S. The van der Waals surface area contributed by atoms with E-state index in [0.717, 1.165) is 19.3 Å². The van der Waals surface area contributed by atoms with E-state index in [0.29, 0.717) is 16.8 Å². The fraction of sp³-hybridized carbons (Fsp3) is 0.316. The van der Waals surface area contributed by atoms with Crippen LogP contribution in [0.2, 0.25) is 0 Å². The normalized spacial score (nSPS) is 11.4. The molecule has 3 N–H and O–H groups in total. The number of hydrogen-bond donors (Lipinski definition) is 2. The molecule has 0 bridgehead atoms. The molecule has 2 rings (SSSR count). The van der Waals surface area contributed by atoms with Crippen molar-refractivity contribution in [2.24, 2.45) is 5.14 Å². The number of nitrogens with two attached hydrogens (primary N) is 1. The number of carbonyl (C=O) groups is 1. The van der Waals surface area contributed by atoms with Crippen molar-refractivity contribution in [3.8, 4) is 0 Å². The highest BCUT2D eigenvalue weighted by molar-refractivity contribution is 7.89. The third-order valence-electron chi connectivity index (χ3n) is 4.22. The number of nitrogens with one attached hydrogen (secondary N) is 1. The summed E-state index contributed by atoms with van der Waals surface area (Å²) in [6, 6.07) is 10.7. The van der Waals surface area contributed by atoms with Crippen LogP contribution in [-0.2, 0) is 16.4 Å². The van der Waals surface area contributed by atoms with Gasteiger partial charge >= 0.3 is 0 Å². The van der Waals surface area contributed by atoms with Crippen molar-refractivity contribution >= 4 is 21.6 Å². The molecule has 0 atom stereocenters. The lowest BCUT2D eigenvalue weighted by Gasteiger charge is -2.11. The number of carbonyl (C=O) groups excluding carboxylic acids is 1. The quantitative estimate of drug-likeness (QED) is 0.825. The molecular weight excluding hydrogens is 336 g/mol. The summed E-state index contributed by atoms with van der Waals surface area (Å²) in [6.07, 6.45) is 3.28. The third-order valence-corrected chi connectivity index (χ3v) is 5.26. The van der Waals surface area contributed by atoms with E-state index < -0.39 is 10.0 Å². The summed E-state index contributed by atoms with van der Waals surface area (Å²) in [6.45, 7) is 5.57. The molecule has 6 heteroatoms. The highest BCUT2D eigenvalue weighted by Gasteiger charge is 2.17. The van der Waals surface area contributed by atoms with E-state index in [-0.39, 0.29) is 16.4 Å². The molecule has 0 aliphatic rings. The van der Waals surface area contributed by atoms with Crippen molar-refractivity contribution in [2.45, 2.75) is 44.9 Å². The first-order valence-electron chi connectivity index (χ1n) is 8.26. The van der Waals surface area contributed by atoms with Crippen molar-refractivity contribution in [1.29, 1.82) is 0 Å². The lowest BCUT2D eigenvalue weighted by molar-refractivity contribution is 0.102. The number of sulfonamides is 1. The maximum absolute atomic E-state index is 12.5. The second-order valence-corrected chi connectivity index (χ2v) is 7.75. The van der Waals surface area contributed by atoms with Gasteiger partial charge < -0.3 is 5.32 Å². The summed E-state index contributed by atoms with van der Waals surface area (Å²) in [5.41, 5.74) is 3.41. The fourth-order valence-electron chi connectivity index (χ4n) is 2.59. The fourth-order valence-corrected chi connectivity index (χ4v) is 3.47. The van der Waals surface area contributed by atoms with E-state index in [1.807, 2.05) is 24.3 Å². The molecule has 0 saturated carbocycles. The van der Waals surface area contributed by atoms with Crippen LogP contribution < -0.4 is 10.5 Å². The Morgan fingerprint density at radius 3 is 2.32 bits per heavy atom. The summed E-state index contributed by atoms with van der Waals surface area (Å²) in [4.78, 5) is 12.4. The second-order valence-electron chi connectivity index (χ2n) is 6.22. The Balaban J connectivity index is 2.22. The molecule has 134 valence electrons. The molecule has 2 aromatic carbocycles. The summed E-state index contributed by atoms with van der Waals surface area (Å²) < 4.78 is 23.4. The average molecular weight is 360 g/mol. The molecule has 0 unspecified atom stereocenters. The molecule has 0 fully saturated rings. The molecule has 0 saturated heterocycles. The van der Waals surface area contributed by atoms with Gasteiger partial charge in [-0.2, -0.15) is 0 Å². The van der Waals surface area contributed by atoms with E-state index in [2.05, 4.69) is 12.2 Å². The molecule has 0 aliphatic heterocycles. The minimum absolute atomic E-state index is 0.0208. The number of primary sulfonamides is 1. The Bertz CT molecular complexity index is 872. The maximum Gasteiger partial charge on any atom is 0.255 e. The van der Waals surface area contributed by atoms with Crippen LogP contribution in [0.25, 0.3) is 0 Å². The minimum Gasteiger partial charge on any atom is -0.322 e. The molecule has 1 amide bonds. The van der Waals surface area contributed by atoms with Crippen molar-refractivity contribution in [3.05, 3.63) is 58.7 Å². The number of unbranched alkanes of at least 4 members (excludes halogenated alkanes) is 1. The molecule has 5 nitrogen and oxygen atoms in total. The topological polar surface area (TPSA) is 89.3 Å². The zero-order chi connectivity index (χ0) is 18.6. The van der Waals surface area contributed by atoms with Gasteiger partial charge in [0, 0.05) is 11.3 Å². The number of aryl methyl sites for hydroxylation is 2. The van der Waals surface area contributed by atoms with Gasteiger partial charge in [-0.05, 0) is 67.6 Å². The average Bonchev–Trinajstić information content (AvgIpc) is 2.55. The van der Waals surface area contributed by atoms with Crippen LogP contribution in [0.5, 0.6) is 0 Å². The van der Waals surface area contributed by atoms with Gasteiger partial charge in [-0.3, -0.25) is 4.79 Å². The third kappa shape index (κ3) is 4.90. The Morgan fingerprint density at radius 1 is 1.12 bits per heavy atom. The highest BCUT2D eigenvalue weighted by Crippen LogP contribution is 2.21. The number of hydrogen-bond acceptors (Lipinski definition) is 3. The lowest BCUT2D eigenvalue weighted by atomic mass is 10.1. The SMILES string of the molecule is CCCCc1ccc(NC(=O)c2cc(C)c(C)c(S(N)(=O)=O)c2)cc1. The lowest BCUT2D eigenvalue weighted by Crippen LogP contribution is -2.17. The van der Waals surface area contributed by atoms with E-state index >= 15 is 0 Å². The number of rotatable bonds is 6. The van der Waals surface area contributed by atoms with E-state index in [4.69, 9.17) is 5.14 Å². The standard InChI is InChI=1S/C19H24N2O3S/c1-4-5-6-15-7-9-17(10-8-15)21-19(22)16-11-13(2)14(3)18(12-16)25(20,23)24/h7-12H,4-6H2,1-3H3,(H,21,22)(H2,20,23,24). The molecule has 0 aliphatic carbocycles. The molecule has 25 heavy (non-hydrogen) atoms. The van der Waals surface area contributed by atoms with Gasteiger partial charge in [0.15, 0.2) is 0 Å². The monoisotopic (exact) mass is 360 g/mol. The second kappa shape index (κ2) is 7.80. The van der Waals surface area contributed by atoms with Gasteiger partial charge in [0.1, 0.15) is 0 Å². The van der Waals surface area contributed by atoms with Crippen LogP contribution >= 0.6 is 0 Å². The zero-order valence-corrected chi connectivity index (χ0v) is 15.6. The minimum atomic E-state index is -3.88. The van der Waals surface area contributed by atoms with Gasteiger partial charge in [0.25, 0.3) is 5.91 Å². The Morgan fingerprint density at radius 2 is 1.76 bits per heavy atom. The van der Waals surface area contributed by atoms with E-state index in [1.54, 1.807) is 19.9 Å². The first-order chi connectivity index (χ1) is 11.7. The van der Waals surface area contributed by atoms with Crippen LogP contribution in [0.15, 0.2) is 41.3 Å². The van der Waals surface area contributed by atoms with Crippen LogP contribution in [0.4, 0.5) is 5.69 Å². The Kier molecular flexibility index (Phi) is 5.98. The summed E-state index contributed by atoms with van der Waals surface area (Å²) in [5.74, 6) is -0.366. The van der Waals surface area contributed by atoms with Gasteiger partial charge in [-0.1, -0.05) is 25.5 Å². The van der Waals surface area contributed by atoms with E-state index in [1.165, 1.54) is 11.6 Å². The zero-order valence-electron chi connectivity index (χ0n) is 14.8. The molecule has 0 radical (unpaired) electrons. The van der Waals surface area contributed by atoms with Crippen molar-refractivity contribution in [2.75, 3.05) is 5.32 Å². The summed E-state index contributed by atoms with van der Waals surface area (Å²) in [7, 11) is -3.88. The van der Waals surface area contributed by atoms with Crippen LogP contribution in [0.3, 0.4) is 0 Å². The Labute approximate surface area is 149 Å². The van der Waals surface area contributed by atoms with Crippen LogP contribution in [0, 0.1) is 13.8 Å². The molecule has 0 spiro atoms. The van der Waals surface area contributed by atoms with Gasteiger partial charge in [-0.15, -0.1) is 0 Å². The van der Waals surface area contributed by atoms with Crippen molar-refractivity contribution in [1.82, 2.24) is 0 Å². The Hall–Kier alpha value is -2.18. The maximum atomic E-state index is 12.5. The van der Waals surface area contributed by atoms with Gasteiger partial charge in [0.2, 0.25) is 10.0 Å². The molecule has 0 aromatic heterocycles. The van der Waals surface area contributed by atoms with Crippen molar-refractivity contribution < 1.29 is 13.2 Å². The smallest absolute Gasteiger partial charge is 0.255 e. The first-order valence-corrected chi connectivity index (χ1v) is 9.81. The highest BCUT2D eigenvalue weighted by atomic mass is 32.2. The number of anilines is 1. The number of amides is 1. The molecule has 0 heterocycles. The number of benzene rings is 2. The predicted octanol–water partition coefficient (Wildman–Crippen LogP) is 3.55. The van der Waals surface area contributed by atoms with Gasteiger partial charge in [0.05, 0.1) is 4.90 Å². The predicted molar refractivity (Wildman–Crippen MR) is 100 cm³/mol. The molecule has 2 aromatic rings. The largest absolute Gasteiger partial charge is 0.322 e. The first kappa shape index (κ1) is 19.1. The van der Waals surface area contributed by atoms with E-state index in [9.17, 15) is 13.2 Å². The summed E-state index contributed by atoms with van der Waals surface area (Å²) >= 11 is 0. The van der Waals surface area contributed by atoms with Gasteiger partial charge in [-0.25, -0.2) is 13.6 Å². The van der Waals surface area contributed by atoms with Crippen LogP contribution in [-0.4, -0.2) is 14.3 Å². The van der Waals surface area contributed by atoms with Crippen molar-refractivity contribution in [3.63, 3.8) is 0 Å². The summed E-state index contributed by atoms with van der Waals surface area (Å²) in [5, 5.41) is 8.04. The van der Waals surface area contributed by atoms with Crippen LogP contribution in [0.1, 0.15) is 46.8 Å².